The normalized spacial score (nSPS) is 11.6. The van der Waals surface area contributed by atoms with Gasteiger partial charge in [0.25, 0.3) is 0 Å². The summed E-state index contributed by atoms with van der Waals surface area (Å²) in [6.07, 6.45) is 5.97. The highest BCUT2D eigenvalue weighted by Crippen LogP contribution is 1.91. The first kappa shape index (κ1) is 16.2. The van der Waals surface area contributed by atoms with Gasteiger partial charge in [-0.1, -0.05) is 19.8 Å². The van der Waals surface area contributed by atoms with Crippen LogP contribution in [0.4, 0.5) is 0 Å². The van der Waals surface area contributed by atoms with Crippen LogP contribution in [0.1, 0.15) is 46.0 Å². The lowest BCUT2D eigenvalue weighted by Gasteiger charge is -2.11. The van der Waals surface area contributed by atoms with Crippen molar-refractivity contribution in [3.63, 3.8) is 0 Å². The molecular weight excluding hydrogens is 214 g/mol. The predicted molar refractivity (Wildman–Crippen MR) is 74.6 cm³/mol. The van der Waals surface area contributed by atoms with E-state index in [1.54, 1.807) is 0 Å². The molecule has 0 aromatic heterocycles. The molecule has 0 bridgehead atoms. The van der Waals surface area contributed by atoms with E-state index in [1.165, 1.54) is 19.3 Å². The second-order valence-corrected chi connectivity index (χ2v) is 4.04. The van der Waals surface area contributed by atoms with Crippen LogP contribution in [0.15, 0.2) is 4.99 Å². The minimum absolute atomic E-state index is 0.814. The average Bonchev–Trinajstić information content (AvgIpc) is 2.36. The number of hydrogen-bond donors (Lipinski definition) is 2. The van der Waals surface area contributed by atoms with Crippen molar-refractivity contribution in [3.8, 4) is 0 Å². The molecule has 17 heavy (non-hydrogen) atoms. The zero-order valence-corrected chi connectivity index (χ0v) is 11.7. The molecule has 0 aliphatic heterocycles. The monoisotopic (exact) mass is 243 g/mol. The Morgan fingerprint density at radius 1 is 1.00 bits per heavy atom. The molecule has 0 saturated heterocycles. The van der Waals surface area contributed by atoms with Gasteiger partial charge in [0.05, 0.1) is 0 Å². The van der Waals surface area contributed by atoms with Crippen molar-refractivity contribution in [1.82, 2.24) is 10.6 Å². The molecule has 0 fully saturated rings. The van der Waals surface area contributed by atoms with Crippen LogP contribution in [0.2, 0.25) is 0 Å². The number of aliphatic imine (C=N–C) groups is 1. The summed E-state index contributed by atoms with van der Waals surface area (Å²) in [6, 6.07) is 0. The van der Waals surface area contributed by atoms with Crippen molar-refractivity contribution in [2.45, 2.75) is 46.0 Å². The quantitative estimate of drug-likeness (QED) is 0.351. The number of hydrogen-bond acceptors (Lipinski definition) is 2. The third kappa shape index (κ3) is 11.5. The van der Waals surface area contributed by atoms with Gasteiger partial charge in [0.15, 0.2) is 5.96 Å². The maximum atomic E-state index is 5.29. The van der Waals surface area contributed by atoms with Gasteiger partial charge in [0.2, 0.25) is 0 Å². The molecular formula is C13H29N3O. The van der Waals surface area contributed by atoms with E-state index >= 15 is 0 Å². The van der Waals surface area contributed by atoms with Gasteiger partial charge in [0.1, 0.15) is 0 Å². The van der Waals surface area contributed by atoms with Crippen molar-refractivity contribution in [2.24, 2.45) is 4.99 Å². The maximum Gasteiger partial charge on any atom is 0.190 e. The molecule has 0 radical (unpaired) electrons. The van der Waals surface area contributed by atoms with Crippen LogP contribution in [0.3, 0.4) is 0 Å². The zero-order chi connectivity index (χ0) is 12.8. The van der Waals surface area contributed by atoms with Crippen LogP contribution < -0.4 is 10.6 Å². The van der Waals surface area contributed by atoms with Gasteiger partial charge in [0, 0.05) is 33.4 Å². The topological polar surface area (TPSA) is 45.7 Å². The molecule has 2 N–H and O–H groups in total. The van der Waals surface area contributed by atoms with E-state index in [1.807, 2.05) is 14.0 Å². The van der Waals surface area contributed by atoms with Crippen molar-refractivity contribution in [3.05, 3.63) is 0 Å². The van der Waals surface area contributed by atoms with E-state index < -0.39 is 0 Å². The fourth-order valence-electron chi connectivity index (χ4n) is 1.48. The van der Waals surface area contributed by atoms with Gasteiger partial charge in [-0.3, -0.25) is 4.99 Å². The second kappa shape index (κ2) is 13.3. The van der Waals surface area contributed by atoms with Crippen LogP contribution in [0, 0.1) is 0 Å². The molecule has 0 aliphatic rings. The highest BCUT2D eigenvalue weighted by molar-refractivity contribution is 5.79. The molecule has 0 unspecified atom stereocenters. The Kier molecular flexibility index (Phi) is 12.7. The summed E-state index contributed by atoms with van der Waals surface area (Å²) >= 11 is 0. The molecule has 0 atom stereocenters. The number of nitrogens with zero attached hydrogens (tertiary/aromatic N) is 1. The zero-order valence-electron chi connectivity index (χ0n) is 11.7. The molecule has 0 amide bonds. The third-order valence-corrected chi connectivity index (χ3v) is 2.51. The van der Waals surface area contributed by atoms with Crippen molar-refractivity contribution < 1.29 is 4.74 Å². The van der Waals surface area contributed by atoms with E-state index in [9.17, 15) is 0 Å². The summed E-state index contributed by atoms with van der Waals surface area (Å²) in [5, 5.41) is 6.62. The average molecular weight is 243 g/mol. The minimum atomic E-state index is 0.814. The summed E-state index contributed by atoms with van der Waals surface area (Å²) in [7, 11) is 1.81. The third-order valence-electron chi connectivity index (χ3n) is 2.51. The SMILES string of the molecule is CCCCCNC(=NC)NCCCCOCC. The minimum Gasteiger partial charge on any atom is -0.382 e. The molecule has 0 spiro atoms. The molecule has 102 valence electrons. The molecule has 4 heteroatoms. The molecule has 0 aromatic carbocycles. The first-order chi connectivity index (χ1) is 8.35. The van der Waals surface area contributed by atoms with Gasteiger partial charge in [-0.05, 0) is 26.2 Å². The molecule has 4 nitrogen and oxygen atoms in total. The number of ether oxygens (including phenoxy) is 1. The Bertz CT molecular complexity index is 184. The Morgan fingerprint density at radius 3 is 2.18 bits per heavy atom. The Labute approximate surface area is 106 Å². The van der Waals surface area contributed by atoms with Crippen LogP contribution in [0.25, 0.3) is 0 Å². The molecule has 0 heterocycles. The number of nitrogens with one attached hydrogen (secondary N) is 2. The van der Waals surface area contributed by atoms with Gasteiger partial charge >= 0.3 is 0 Å². The molecule has 0 saturated carbocycles. The van der Waals surface area contributed by atoms with E-state index in [4.69, 9.17) is 4.74 Å². The number of guanidine groups is 1. The highest BCUT2D eigenvalue weighted by Gasteiger charge is 1.95. The summed E-state index contributed by atoms with van der Waals surface area (Å²) in [4.78, 5) is 4.18. The highest BCUT2D eigenvalue weighted by atomic mass is 16.5. The van der Waals surface area contributed by atoms with Gasteiger partial charge in [-0.15, -0.1) is 0 Å². The lowest BCUT2D eigenvalue weighted by Crippen LogP contribution is -2.38. The van der Waals surface area contributed by atoms with E-state index in [0.717, 1.165) is 45.1 Å². The fourth-order valence-corrected chi connectivity index (χ4v) is 1.48. The number of rotatable bonds is 10. The summed E-state index contributed by atoms with van der Waals surface area (Å²) in [5.74, 6) is 0.914. The molecule has 0 aliphatic carbocycles. The lowest BCUT2D eigenvalue weighted by molar-refractivity contribution is 0.143. The van der Waals surface area contributed by atoms with Crippen molar-refractivity contribution in [1.29, 1.82) is 0 Å². The first-order valence-corrected chi connectivity index (χ1v) is 6.87. The molecule has 0 rings (SSSR count). The van der Waals surface area contributed by atoms with E-state index in [-0.39, 0.29) is 0 Å². The van der Waals surface area contributed by atoms with Crippen LogP contribution in [-0.4, -0.2) is 39.3 Å². The smallest absolute Gasteiger partial charge is 0.190 e. The molecule has 0 aromatic rings. The Hall–Kier alpha value is -0.770. The van der Waals surface area contributed by atoms with Gasteiger partial charge in [-0.2, -0.15) is 0 Å². The Morgan fingerprint density at radius 2 is 1.65 bits per heavy atom. The van der Waals surface area contributed by atoms with Crippen molar-refractivity contribution >= 4 is 5.96 Å². The van der Waals surface area contributed by atoms with Crippen molar-refractivity contribution in [2.75, 3.05) is 33.4 Å². The Balaban J connectivity index is 3.36. The van der Waals surface area contributed by atoms with Gasteiger partial charge < -0.3 is 15.4 Å². The van der Waals surface area contributed by atoms with E-state index in [2.05, 4.69) is 22.5 Å². The summed E-state index contributed by atoms with van der Waals surface area (Å²) in [6.45, 7) is 7.88. The van der Waals surface area contributed by atoms with Crippen LogP contribution in [0.5, 0.6) is 0 Å². The standard InChI is InChI=1S/C13H29N3O/c1-4-6-7-10-15-13(14-3)16-11-8-9-12-17-5-2/h4-12H2,1-3H3,(H2,14,15,16). The predicted octanol–water partition coefficient (Wildman–Crippen LogP) is 2.16. The van der Waals surface area contributed by atoms with E-state index in [0.29, 0.717) is 0 Å². The lowest BCUT2D eigenvalue weighted by atomic mass is 10.2. The second-order valence-electron chi connectivity index (χ2n) is 4.04. The summed E-state index contributed by atoms with van der Waals surface area (Å²) < 4.78 is 5.29. The number of unbranched alkanes of at least 4 members (excludes halogenated alkanes) is 3. The van der Waals surface area contributed by atoms with Gasteiger partial charge in [-0.25, -0.2) is 0 Å². The first-order valence-electron chi connectivity index (χ1n) is 6.87. The summed E-state index contributed by atoms with van der Waals surface area (Å²) in [5.41, 5.74) is 0. The maximum absolute atomic E-state index is 5.29. The van der Waals surface area contributed by atoms with Crippen LogP contribution >= 0.6 is 0 Å². The largest absolute Gasteiger partial charge is 0.382 e. The fraction of sp³-hybridized carbons (Fsp3) is 0.923. The van der Waals surface area contributed by atoms with Crippen LogP contribution in [-0.2, 0) is 4.74 Å².